The molecule has 0 saturated carbocycles. The van der Waals surface area contributed by atoms with Crippen molar-refractivity contribution >= 4 is 11.9 Å². The van der Waals surface area contributed by atoms with E-state index in [1.165, 1.54) is 0 Å². The van der Waals surface area contributed by atoms with Crippen LogP contribution < -0.4 is 0 Å². The molecule has 0 aliphatic rings. The molecule has 0 spiro atoms. The molecule has 0 rings (SSSR count). The van der Waals surface area contributed by atoms with Crippen molar-refractivity contribution in [3.05, 3.63) is 0 Å². The molecular weight excluding hydrogens is 208 g/mol. The molecule has 16 heavy (non-hydrogen) atoms. The summed E-state index contributed by atoms with van der Waals surface area (Å²) >= 11 is 0. The average Bonchev–Trinajstić information content (AvgIpc) is 2.25. The monoisotopic (exact) mass is 230 g/mol. The molecule has 0 aromatic heterocycles. The van der Waals surface area contributed by atoms with Crippen LogP contribution in [0.15, 0.2) is 0 Å². The van der Waals surface area contributed by atoms with E-state index in [0.717, 1.165) is 6.42 Å². The molecule has 0 radical (unpaired) electrons. The number of hydrogen-bond donors (Lipinski definition) is 0. The molecule has 94 valence electrons. The maximum absolute atomic E-state index is 11.2. The molecule has 0 aromatic carbocycles. The number of carbonyl (C=O) groups is 2. The Bertz CT molecular complexity index is 213. The van der Waals surface area contributed by atoms with Crippen LogP contribution in [-0.2, 0) is 19.1 Å². The summed E-state index contributed by atoms with van der Waals surface area (Å²) in [4.78, 5) is 22.4. The first-order valence-electron chi connectivity index (χ1n) is 5.95. The third kappa shape index (κ3) is 7.26. The number of hydrogen-bond acceptors (Lipinski definition) is 4. The van der Waals surface area contributed by atoms with Gasteiger partial charge in [-0.25, -0.2) is 0 Å². The van der Waals surface area contributed by atoms with Gasteiger partial charge in [0.05, 0.1) is 13.2 Å². The molecule has 0 aliphatic carbocycles. The zero-order valence-corrected chi connectivity index (χ0v) is 10.5. The summed E-state index contributed by atoms with van der Waals surface area (Å²) in [6.45, 7) is 6.40. The number of carbonyl (C=O) groups excluding carboxylic acids is 2. The fraction of sp³-hybridized carbons (Fsp3) is 0.833. The Kier molecular flexibility index (Phi) is 8.58. The van der Waals surface area contributed by atoms with Gasteiger partial charge in [0.25, 0.3) is 0 Å². The third-order valence-electron chi connectivity index (χ3n) is 2.40. The van der Waals surface area contributed by atoms with E-state index in [9.17, 15) is 9.59 Å². The molecule has 1 unspecified atom stereocenters. The van der Waals surface area contributed by atoms with Crippen LogP contribution in [0.1, 0.15) is 46.5 Å². The lowest BCUT2D eigenvalue weighted by Gasteiger charge is -2.13. The van der Waals surface area contributed by atoms with Crippen LogP contribution in [0, 0.1) is 5.92 Å². The molecule has 4 nitrogen and oxygen atoms in total. The molecule has 0 N–H and O–H groups in total. The van der Waals surface area contributed by atoms with Gasteiger partial charge in [0, 0.05) is 12.8 Å². The standard InChI is InChI=1S/C12H22O4/c1-4-10(9-12(14)16-6-3)7-8-11(13)15-5-2/h10H,4-9H2,1-3H3. The molecule has 0 saturated heterocycles. The lowest BCUT2D eigenvalue weighted by molar-refractivity contribution is -0.146. The first-order valence-corrected chi connectivity index (χ1v) is 5.95. The second-order valence-corrected chi connectivity index (χ2v) is 3.63. The lowest BCUT2D eigenvalue weighted by atomic mass is 9.97. The van der Waals surface area contributed by atoms with Crippen LogP contribution in [-0.4, -0.2) is 25.2 Å². The van der Waals surface area contributed by atoms with E-state index in [2.05, 4.69) is 0 Å². The molecule has 0 fully saturated rings. The first kappa shape index (κ1) is 14.9. The smallest absolute Gasteiger partial charge is 0.306 e. The number of ether oxygens (including phenoxy) is 2. The van der Waals surface area contributed by atoms with Crippen molar-refractivity contribution in [2.24, 2.45) is 5.92 Å². The van der Waals surface area contributed by atoms with Gasteiger partial charge >= 0.3 is 11.9 Å². The minimum atomic E-state index is -0.190. The minimum Gasteiger partial charge on any atom is -0.466 e. The molecule has 0 bridgehead atoms. The molecule has 4 heteroatoms. The van der Waals surface area contributed by atoms with E-state index >= 15 is 0 Å². The Hall–Kier alpha value is -1.06. The van der Waals surface area contributed by atoms with Crippen LogP contribution >= 0.6 is 0 Å². The average molecular weight is 230 g/mol. The SMILES string of the molecule is CCOC(=O)CCC(CC)CC(=O)OCC. The molecule has 0 amide bonds. The Balaban J connectivity index is 3.82. The fourth-order valence-electron chi connectivity index (χ4n) is 1.46. The van der Waals surface area contributed by atoms with Gasteiger partial charge in [0.15, 0.2) is 0 Å². The van der Waals surface area contributed by atoms with Crippen LogP contribution in [0.2, 0.25) is 0 Å². The summed E-state index contributed by atoms with van der Waals surface area (Å²) in [5, 5.41) is 0. The molecule has 1 atom stereocenters. The van der Waals surface area contributed by atoms with Crippen molar-refractivity contribution in [3.8, 4) is 0 Å². The maximum Gasteiger partial charge on any atom is 0.306 e. The Morgan fingerprint density at radius 3 is 2.06 bits per heavy atom. The summed E-state index contributed by atoms with van der Waals surface area (Å²) in [5.41, 5.74) is 0. The van der Waals surface area contributed by atoms with E-state index in [-0.39, 0.29) is 17.9 Å². The van der Waals surface area contributed by atoms with Crippen LogP contribution in [0.4, 0.5) is 0 Å². The summed E-state index contributed by atoms with van der Waals surface area (Å²) in [5.74, 6) is -0.161. The van der Waals surface area contributed by atoms with Crippen molar-refractivity contribution in [2.45, 2.75) is 46.5 Å². The fourth-order valence-corrected chi connectivity index (χ4v) is 1.46. The van der Waals surface area contributed by atoms with Crippen molar-refractivity contribution in [1.82, 2.24) is 0 Å². The van der Waals surface area contributed by atoms with E-state index in [1.54, 1.807) is 13.8 Å². The van der Waals surface area contributed by atoms with Gasteiger partial charge in [-0.3, -0.25) is 9.59 Å². The quantitative estimate of drug-likeness (QED) is 0.600. The predicted molar refractivity (Wildman–Crippen MR) is 60.9 cm³/mol. The predicted octanol–water partition coefficient (Wildman–Crippen LogP) is 2.31. The lowest BCUT2D eigenvalue weighted by Crippen LogP contribution is -2.13. The van der Waals surface area contributed by atoms with Crippen LogP contribution in [0.25, 0.3) is 0 Å². The highest BCUT2D eigenvalue weighted by atomic mass is 16.5. The first-order chi connectivity index (χ1) is 7.63. The summed E-state index contributed by atoms with van der Waals surface area (Å²) in [6.07, 6.45) is 2.34. The zero-order valence-electron chi connectivity index (χ0n) is 10.5. The summed E-state index contributed by atoms with van der Waals surface area (Å²) < 4.78 is 9.71. The molecule has 0 heterocycles. The molecule has 0 aliphatic heterocycles. The normalized spacial score (nSPS) is 11.9. The van der Waals surface area contributed by atoms with Crippen LogP contribution in [0.3, 0.4) is 0 Å². The van der Waals surface area contributed by atoms with E-state index in [1.807, 2.05) is 6.92 Å². The second-order valence-electron chi connectivity index (χ2n) is 3.63. The zero-order chi connectivity index (χ0) is 12.4. The van der Waals surface area contributed by atoms with E-state index < -0.39 is 0 Å². The molecular formula is C12H22O4. The van der Waals surface area contributed by atoms with Gasteiger partial charge in [-0.05, 0) is 26.2 Å². The highest BCUT2D eigenvalue weighted by Gasteiger charge is 2.14. The Morgan fingerprint density at radius 1 is 1.00 bits per heavy atom. The highest BCUT2D eigenvalue weighted by Crippen LogP contribution is 2.16. The topological polar surface area (TPSA) is 52.6 Å². The summed E-state index contributed by atoms with van der Waals surface area (Å²) in [6, 6.07) is 0. The number of esters is 2. The van der Waals surface area contributed by atoms with Crippen molar-refractivity contribution in [3.63, 3.8) is 0 Å². The maximum atomic E-state index is 11.2. The minimum absolute atomic E-state index is 0.182. The van der Waals surface area contributed by atoms with Crippen LogP contribution in [0.5, 0.6) is 0 Å². The molecule has 0 aromatic rings. The van der Waals surface area contributed by atoms with Gasteiger partial charge in [0.1, 0.15) is 0 Å². The number of rotatable bonds is 8. The highest BCUT2D eigenvalue weighted by molar-refractivity contribution is 5.70. The van der Waals surface area contributed by atoms with Gasteiger partial charge in [-0.2, -0.15) is 0 Å². The largest absolute Gasteiger partial charge is 0.466 e. The van der Waals surface area contributed by atoms with Gasteiger partial charge in [0.2, 0.25) is 0 Å². The Morgan fingerprint density at radius 2 is 1.56 bits per heavy atom. The van der Waals surface area contributed by atoms with Crippen molar-refractivity contribution < 1.29 is 19.1 Å². The van der Waals surface area contributed by atoms with Crippen molar-refractivity contribution in [1.29, 1.82) is 0 Å². The van der Waals surface area contributed by atoms with E-state index in [0.29, 0.717) is 32.5 Å². The Labute approximate surface area is 97.3 Å². The van der Waals surface area contributed by atoms with Gasteiger partial charge < -0.3 is 9.47 Å². The van der Waals surface area contributed by atoms with E-state index in [4.69, 9.17) is 9.47 Å². The van der Waals surface area contributed by atoms with Crippen molar-refractivity contribution in [2.75, 3.05) is 13.2 Å². The third-order valence-corrected chi connectivity index (χ3v) is 2.40. The van der Waals surface area contributed by atoms with Gasteiger partial charge in [-0.15, -0.1) is 0 Å². The summed E-state index contributed by atoms with van der Waals surface area (Å²) in [7, 11) is 0. The second kappa shape index (κ2) is 9.19. The van der Waals surface area contributed by atoms with Gasteiger partial charge in [-0.1, -0.05) is 13.3 Å².